The summed E-state index contributed by atoms with van der Waals surface area (Å²) in [6.07, 6.45) is 19.7. The van der Waals surface area contributed by atoms with Gasteiger partial charge in [0, 0.05) is 6.42 Å². The molecule has 14 atom stereocenters. The number of hydrogen-bond acceptors (Lipinski definition) is 8. The molecule has 1 saturated heterocycles. The first-order valence-corrected chi connectivity index (χ1v) is 23.2. The molecule has 1 heterocycles. The van der Waals surface area contributed by atoms with E-state index in [9.17, 15) is 25.2 Å². The molecule has 4 aliphatic carbocycles. The molecule has 0 amide bonds. The number of fused-ring (bicyclic) bond motifs is 5. The summed E-state index contributed by atoms with van der Waals surface area (Å²) in [7, 11) is 0. The van der Waals surface area contributed by atoms with Gasteiger partial charge in [0.25, 0.3) is 0 Å². The predicted molar refractivity (Wildman–Crippen MR) is 218 cm³/mol. The second-order valence-electron chi connectivity index (χ2n) is 19.9. The van der Waals surface area contributed by atoms with E-state index in [1.807, 2.05) is 0 Å². The third-order valence-electron chi connectivity index (χ3n) is 15.7. The fourth-order valence-electron chi connectivity index (χ4n) is 12.3. The van der Waals surface area contributed by atoms with Crippen molar-refractivity contribution in [2.75, 3.05) is 6.61 Å². The van der Waals surface area contributed by atoms with Crippen molar-refractivity contribution in [3.63, 3.8) is 0 Å². The quantitative estimate of drug-likeness (QED) is 0.0517. The van der Waals surface area contributed by atoms with Crippen LogP contribution in [-0.2, 0) is 19.0 Å². The highest BCUT2D eigenvalue weighted by Gasteiger charge is 2.61. The van der Waals surface area contributed by atoms with Gasteiger partial charge in [0.15, 0.2) is 6.29 Å². The van der Waals surface area contributed by atoms with E-state index in [1.54, 1.807) is 0 Å². The van der Waals surface area contributed by atoms with E-state index in [2.05, 4.69) is 47.6 Å². The van der Waals surface area contributed by atoms with Gasteiger partial charge in [0.05, 0.1) is 12.2 Å². The third-order valence-corrected chi connectivity index (χ3v) is 15.7. The second kappa shape index (κ2) is 20.8. The summed E-state index contributed by atoms with van der Waals surface area (Å²) in [5, 5.41) is 44.2. The molecule has 5 rings (SSSR count). The lowest BCUT2D eigenvalue weighted by atomic mass is 9.46. The molecule has 1 aliphatic heterocycles. The Morgan fingerprint density at radius 2 is 1.47 bits per heavy atom. The van der Waals surface area contributed by atoms with Gasteiger partial charge in [-0.1, -0.05) is 137 Å². The molecular formula is C47H82O8. The van der Waals surface area contributed by atoms with Gasteiger partial charge in [0.2, 0.25) is 0 Å². The Bertz CT molecular complexity index is 1210. The Balaban J connectivity index is 1.09. The fraction of sp³-hybridized carbons (Fsp3) is 0.936. The third kappa shape index (κ3) is 11.0. The van der Waals surface area contributed by atoms with E-state index in [4.69, 9.17) is 14.2 Å². The maximum absolute atomic E-state index is 12.5. The minimum absolute atomic E-state index is 0.00156. The van der Waals surface area contributed by atoms with Crippen molar-refractivity contribution in [3.8, 4) is 0 Å². The van der Waals surface area contributed by atoms with Crippen molar-refractivity contribution in [2.24, 2.45) is 46.3 Å². The van der Waals surface area contributed by atoms with Crippen molar-refractivity contribution >= 4 is 5.97 Å². The number of carbonyl (C=O) groups is 1. The SMILES string of the molecule is CCCCCCCCCCCCCC(=O)OC[C@H]1O[C@H](OC2CC[C@@]3(C)C(=C[C@@H](O)C4C3CC[C@@]3(C)C4CC[C@@H]3[C@H](C)CCCC(C)C)C2)[C@@H](O)[C@@H](O)[C@H]1O. The highest BCUT2D eigenvalue weighted by atomic mass is 16.7. The lowest BCUT2D eigenvalue weighted by Gasteiger charge is -2.59. The Hall–Kier alpha value is -1.03. The van der Waals surface area contributed by atoms with Gasteiger partial charge in [-0.3, -0.25) is 4.79 Å². The highest BCUT2D eigenvalue weighted by molar-refractivity contribution is 5.69. The molecule has 5 aliphatic rings. The monoisotopic (exact) mass is 775 g/mol. The van der Waals surface area contributed by atoms with Crippen molar-refractivity contribution < 1.29 is 39.4 Å². The molecule has 0 spiro atoms. The molecule has 0 aromatic heterocycles. The number of ether oxygens (including phenoxy) is 3. The molecule has 0 aromatic rings. The van der Waals surface area contributed by atoms with Crippen molar-refractivity contribution in [1.29, 1.82) is 0 Å². The predicted octanol–water partition coefficient (Wildman–Crippen LogP) is 9.44. The maximum Gasteiger partial charge on any atom is 0.305 e. The molecule has 8 nitrogen and oxygen atoms in total. The van der Waals surface area contributed by atoms with Gasteiger partial charge >= 0.3 is 5.97 Å². The van der Waals surface area contributed by atoms with Crippen LogP contribution >= 0.6 is 0 Å². The van der Waals surface area contributed by atoms with Crippen LogP contribution in [0.5, 0.6) is 0 Å². The molecule has 318 valence electrons. The highest BCUT2D eigenvalue weighted by Crippen LogP contribution is 2.67. The first kappa shape index (κ1) is 45.1. The molecule has 4 fully saturated rings. The molecule has 3 saturated carbocycles. The molecule has 55 heavy (non-hydrogen) atoms. The average Bonchev–Trinajstić information content (AvgIpc) is 3.51. The van der Waals surface area contributed by atoms with Crippen LogP contribution in [-0.4, -0.2) is 75.9 Å². The number of hydrogen-bond donors (Lipinski definition) is 4. The number of unbranched alkanes of at least 4 members (excludes halogenated alkanes) is 10. The minimum atomic E-state index is -1.48. The second-order valence-corrected chi connectivity index (χ2v) is 19.9. The zero-order chi connectivity index (χ0) is 39.8. The Morgan fingerprint density at radius 3 is 2.15 bits per heavy atom. The molecule has 4 N–H and O–H groups in total. The Labute approximate surface area is 334 Å². The van der Waals surface area contributed by atoms with Crippen LogP contribution in [0.4, 0.5) is 0 Å². The summed E-state index contributed by atoms with van der Waals surface area (Å²) in [5.41, 5.74) is 1.54. The minimum Gasteiger partial charge on any atom is -0.463 e. The van der Waals surface area contributed by atoms with Crippen LogP contribution in [0.2, 0.25) is 0 Å². The molecular weight excluding hydrogens is 693 g/mol. The first-order chi connectivity index (χ1) is 26.3. The number of aliphatic hydroxyl groups excluding tert-OH is 4. The van der Waals surface area contributed by atoms with Crippen LogP contribution < -0.4 is 0 Å². The van der Waals surface area contributed by atoms with Gasteiger partial charge in [-0.15, -0.1) is 0 Å². The van der Waals surface area contributed by atoms with Crippen LogP contribution in [0, 0.1) is 46.3 Å². The summed E-state index contributed by atoms with van der Waals surface area (Å²) in [6, 6.07) is 0. The van der Waals surface area contributed by atoms with E-state index >= 15 is 0 Å². The van der Waals surface area contributed by atoms with Gasteiger partial charge in [-0.05, 0) is 97.7 Å². The average molecular weight is 775 g/mol. The van der Waals surface area contributed by atoms with Crippen LogP contribution in [0.15, 0.2) is 11.6 Å². The largest absolute Gasteiger partial charge is 0.463 e. The standard InChI is InChI=1S/C47H82O8/c1-7-8-9-10-11-12-13-14-15-16-17-21-40(49)53-30-39-42(50)43(51)44(52)45(55-39)54-34-24-26-46(5)33(28-34)29-38(48)41-36-23-22-35(32(4)20-18-19-31(2)3)47(36,6)27-25-37(41)46/h29,31-32,34-39,41-45,48,50-52H,7-28,30H2,1-6H3/t32-,34?,35-,36?,37?,38-,39-,41?,42+,43+,44+,45+,46+,47-/m1/s1. The first-order valence-electron chi connectivity index (χ1n) is 23.2. The lowest BCUT2D eigenvalue weighted by Crippen LogP contribution is -2.60. The van der Waals surface area contributed by atoms with Gasteiger partial charge in [-0.25, -0.2) is 0 Å². The summed E-state index contributed by atoms with van der Waals surface area (Å²) in [6.45, 7) is 14.1. The van der Waals surface area contributed by atoms with E-state index in [1.165, 1.54) is 95.5 Å². The normalized spacial score (nSPS) is 39.3. The van der Waals surface area contributed by atoms with Crippen molar-refractivity contribution in [3.05, 3.63) is 11.6 Å². The molecule has 4 unspecified atom stereocenters. The topological polar surface area (TPSA) is 126 Å². The summed E-state index contributed by atoms with van der Waals surface area (Å²) < 4.78 is 17.9. The molecule has 8 heteroatoms. The number of rotatable bonds is 21. The lowest BCUT2D eigenvalue weighted by molar-refractivity contribution is -0.313. The number of aliphatic hydroxyl groups is 4. The number of carbonyl (C=O) groups excluding carboxylic acids is 1. The van der Waals surface area contributed by atoms with Crippen LogP contribution in [0.1, 0.15) is 183 Å². The van der Waals surface area contributed by atoms with Crippen LogP contribution in [0.25, 0.3) is 0 Å². The molecule has 0 bridgehead atoms. The molecule has 0 radical (unpaired) electrons. The smallest absolute Gasteiger partial charge is 0.305 e. The Kier molecular flexibility index (Phi) is 17.0. The van der Waals surface area contributed by atoms with Crippen molar-refractivity contribution in [2.45, 2.75) is 226 Å². The van der Waals surface area contributed by atoms with E-state index in [0.29, 0.717) is 30.1 Å². The zero-order valence-electron chi connectivity index (χ0n) is 35.8. The van der Waals surface area contributed by atoms with E-state index in [0.717, 1.165) is 56.3 Å². The summed E-state index contributed by atoms with van der Waals surface area (Å²) in [4.78, 5) is 12.5. The maximum atomic E-state index is 12.5. The van der Waals surface area contributed by atoms with E-state index in [-0.39, 0.29) is 30.0 Å². The molecule has 0 aromatic carbocycles. The number of esters is 1. The van der Waals surface area contributed by atoms with Gasteiger partial charge in [0.1, 0.15) is 31.0 Å². The fourth-order valence-corrected chi connectivity index (χ4v) is 12.3. The van der Waals surface area contributed by atoms with Gasteiger partial charge in [-0.2, -0.15) is 0 Å². The van der Waals surface area contributed by atoms with Gasteiger partial charge < -0.3 is 34.6 Å². The van der Waals surface area contributed by atoms with Crippen molar-refractivity contribution in [1.82, 2.24) is 0 Å². The Morgan fingerprint density at radius 1 is 0.800 bits per heavy atom. The zero-order valence-corrected chi connectivity index (χ0v) is 35.8. The van der Waals surface area contributed by atoms with E-state index < -0.39 is 36.8 Å². The van der Waals surface area contributed by atoms with Crippen LogP contribution in [0.3, 0.4) is 0 Å². The summed E-state index contributed by atoms with van der Waals surface area (Å²) in [5.74, 6) is 3.15. The summed E-state index contributed by atoms with van der Waals surface area (Å²) >= 11 is 0.